The van der Waals surface area contributed by atoms with Crippen molar-refractivity contribution in [3.63, 3.8) is 0 Å². The lowest BCUT2D eigenvalue weighted by Crippen LogP contribution is -2.04. The number of benzene rings is 1. The Morgan fingerprint density at radius 1 is 1.00 bits per heavy atom. The molecule has 0 bridgehead atoms. The third kappa shape index (κ3) is 2.61. The SMILES string of the molecule is CCc1c(C)nc(Nc2ccccc2)nc1C. The second-order valence-electron chi connectivity index (χ2n) is 4.04. The van der Waals surface area contributed by atoms with Crippen LogP contribution in [-0.4, -0.2) is 9.97 Å². The second kappa shape index (κ2) is 4.95. The summed E-state index contributed by atoms with van der Waals surface area (Å²) in [5.74, 6) is 0.670. The van der Waals surface area contributed by atoms with Crippen molar-refractivity contribution in [3.05, 3.63) is 47.3 Å². The highest BCUT2D eigenvalue weighted by atomic mass is 15.1. The van der Waals surface area contributed by atoms with Crippen LogP contribution in [0.5, 0.6) is 0 Å². The average molecular weight is 227 g/mol. The van der Waals surface area contributed by atoms with E-state index in [1.165, 1.54) is 5.56 Å². The highest BCUT2D eigenvalue weighted by Gasteiger charge is 2.06. The lowest BCUT2D eigenvalue weighted by molar-refractivity contribution is 0.961. The average Bonchev–Trinajstić information content (AvgIpc) is 2.30. The Labute approximate surface area is 102 Å². The maximum atomic E-state index is 4.48. The number of para-hydroxylation sites is 1. The van der Waals surface area contributed by atoms with Crippen LogP contribution in [0.2, 0.25) is 0 Å². The lowest BCUT2D eigenvalue weighted by Gasteiger charge is -2.10. The molecule has 88 valence electrons. The summed E-state index contributed by atoms with van der Waals surface area (Å²) in [5.41, 5.74) is 4.36. The van der Waals surface area contributed by atoms with Gasteiger partial charge in [-0.15, -0.1) is 0 Å². The van der Waals surface area contributed by atoms with Crippen molar-refractivity contribution in [1.82, 2.24) is 9.97 Å². The van der Waals surface area contributed by atoms with Crippen molar-refractivity contribution >= 4 is 11.6 Å². The minimum Gasteiger partial charge on any atom is -0.324 e. The van der Waals surface area contributed by atoms with E-state index < -0.39 is 0 Å². The van der Waals surface area contributed by atoms with Gasteiger partial charge in [-0.1, -0.05) is 25.1 Å². The summed E-state index contributed by atoms with van der Waals surface area (Å²) in [6.45, 7) is 6.19. The molecule has 2 rings (SSSR count). The molecule has 0 aliphatic carbocycles. The molecule has 0 aliphatic heterocycles. The van der Waals surface area contributed by atoms with Gasteiger partial charge in [-0.05, 0) is 38.0 Å². The number of aromatic nitrogens is 2. The number of aryl methyl sites for hydroxylation is 2. The summed E-state index contributed by atoms with van der Waals surface area (Å²) in [6, 6.07) is 9.97. The van der Waals surface area contributed by atoms with Gasteiger partial charge in [0.2, 0.25) is 5.95 Å². The van der Waals surface area contributed by atoms with E-state index in [1.807, 2.05) is 44.2 Å². The van der Waals surface area contributed by atoms with Crippen molar-refractivity contribution in [3.8, 4) is 0 Å². The molecule has 0 saturated carbocycles. The summed E-state index contributed by atoms with van der Waals surface area (Å²) >= 11 is 0. The molecule has 0 fully saturated rings. The first-order valence-electron chi connectivity index (χ1n) is 5.87. The van der Waals surface area contributed by atoms with Crippen LogP contribution in [0.3, 0.4) is 0 Å². The summed E-state index contributed by atoms with van der Waals surface area (Å²) in [5, 5.41) is 3.21. The van der Waals surface area contributed by atoms with E-state index in [9.17, 15) is 0 Å². The molecule has 0 unspecified atom stereocenters. The first-order chi connectivity index (χ1) is 8.20. The largest absolute Gasteiger partial charge is 0.324 e. The number of rotatable bonds is 3. The first-order valence-corrected chi connectivity index (χ1v) is 5.87. The highest BCUT2D eigenvalue weighted by molar-refractivity contribution is 5.53. The summed E-state index contributed by atoms with van der Waals surface area (Å²) in [7, 11) is 0. The maximum Gasteiger partial charge on any atom is 0.227 e. The van der Waals surface area contributed by atoms with Gasteiger partial charge < -0.3 is 5.32 Å². The Hall–Kier alpha value is -1.90. The van der Waals surface area contributed by atoms with Gasteiger partial charge >= 0.3 is 0 Å². The minimum atomic E-state index is 0.670. The van der Waals surface area contributed by atoms with Crippen LogP contribution < -0.4 is 5.32 Å². The molecule has 0 spiro atoms. The van der Waals surface area contributed by atoms with Crippen molar-refractivity contribution in [2.45, 2.75) is 27.2 Å². The summed E-state index contributed by atoms with van der Waals surface area (Å²) in [4.78, 5) is 8.96. The van der Waals surface area contributed by atoms with Crippen LogP contribution in [0.15, 0.2) is 30.3 Å². The zero-order chi connectivity index (χ0) is 12.3. The third-order valence-corrected chi connectivity index (χ3v) is 2.80. The van der Waals surface area contributed by atoms with Crippen molar-refractivity contribution in [2.75, 3.05) is 5.32 Å². The molecule has 3 heteroatoms. The lowest BCUT2D eigenvalue weighted by atomic mass is 10.1. The van der Waals surface area contributed by atoms with E-state index in [-0.39, 0.29) is 0 Å². The van der Waals surface area contributed by atoms with Crippen LogP contribution in [0.1, 0.15) is 23.9 Å². The molecule has 0 saturated heterocycles. The van der Waals surface area contributed by atoms with E-state index in [1.54, 1.807) is 0 Å². The molecule has 0 atom stereocenters. The Kier molecular flexibility index (Phi) is 3.38. The van der Waals surface area contributed by atoms with E-state index in [2.05, 4.69) is 22.2 Å². The quantitative estimate of drug-likeness (QED) is 0.873. The molecule has 0 amide bonds. The molecular formula is C14H17N3. The smallest absolute Gasteiger partial charge is 0.227 e. The number of nitrogens with one attached hydrogen (secondary N) is 1. The van der Waals surface area contributed by atoms with Gasteiger partial charge in [-0.2, -0.15) is 0 Å². The van der Waals surface area contributed by atoms with Gasteiger partial charge in [-0.3, -0.25) is 0 Å². The van der Waals surface area contributed by atoms with E-state index >= 15 is 0 Å². The molecule has 0 radical (unpaired) electrons. The highest BCUT2D eigenvalue weighted by Crippen LogP contribution is 2.16. The van der Waals surface area contributed by atoms with Crippen molar-refractivity contribution in [2.24, 2.45) is 0 Å². The molecule has 3 nitrogen and oxygen atoms in total. The number of nitrogens with zero attached hydrogens (tertiary/aromatic N) is 2. The van der Waals surface area contributed by atoms with Gasteiger partial charge in [0.15, 0.2) is 0 Å². The number of hydrogen-bond donors (Lipinski definition) is 1. The van der Waals surface area contributed by atoms with Gasteiger partial charge in [0.05, 0.1) is 0 Å². The third-order valence-electron chi connectivity index (χ3n) is 2.80. The fourth-order valence-electron chi connectivity index (χ4n) is 1.96. The number of hydrogen-bond acceptors (Lipinski definition) is 3. The second-order valence-corrected chi connectivity index (χ2v) is 4.04. The topological polar surface area (TPSA) is 37.8 Å². The van der Waals surface area contributed by atoms with Crippen molar-refractivity contribution in [1.29, 1.82) is 0 Å². The van der Waals surface area contributed by atoms with E-state index in [4.69, 9.17) is 0 Å². The monoisotopic (exact) mass is 227 g/mol. The maximum absolute atomic E-state index is 4.48. The van der Waals surface area contributed by atoms with E-state index in [0.717, 1.165) is 23.5 Å². The van der Waals surface area contributed by atoms with Crippen LogP contribution in [0.25, 0.3) is 0 Å². The number of anilines is 2. The Bertz CT molecular complexity index is 483. The van der Waals surface area contributed by atoms with Crippen molar-refractivity contribution < 1.29 is 0 Å². The predicted molar refractivity (Wildman–Crippen MR) is 70.6 cm³/mol. The van der Waals surface area contributed by atoms with Gasteiger partial charge in [0, 0.05) is 17.1 Å². The standard InChI is InChI=1S/C14H17N3/c1-4-13-10(2)15-14(16-11(13)3)17-12-8-6-5-7-9-12/h5-9H,4H2,1-3H3,(H,15,16,17). The predicted octanol–water partition coefficient (Wildman–Crippen LogP) is 3.40. The van der Waals surface area contributed by atoms with Crippen LogP contribution in [0, 0.1) is 13.8 Å². The zero-order valence-electron chi connectivity index (χ0n) is 10.5. The Morgan fingerprint density at radius 3 is 2.12 bits per heavy atom. The van der Waals surface area contributed by atoms with Crippen LogP contribution >= 0.6 is 0 Å². The minimum absolute atomic E-state index is 0.670. The molecular weight excluding hydrogens is 210 g/mol. The Morgan fingerprint density at radius 2 is 1.59 bits per heavy atom. The summed E-state index contributed by atoms with van der Waals surface area (Å²) in [6.07, 6.45) is 0.975. The van der Waals surface area contributed by atoms with Gasteiger partial charge in [-0.25, -0.2) is 9.97 Å². The molecule has 1 aromatic heterocycles. The summed E-state index contributed by atoms with van der Waals surface area (Å²) < 4.78 is 0. The van der Waals surface area contributed by atoms with Crippen LogP contribution in [-0.2, 0) is 6.42 Å². The van der Waals surface area contributed by atoms with Crippen LogP contribution in [0.4, 0.5) is 11.6 Å². The molecule has 2 aromatic rings. The first kappa shape index (κ1) is 11.6. The molecule has 1 aromatic carbocycles. The fraction of sp³-hybridized carbons (Fsp3) is 0.286. The molecule has 0 aliphatic rings. The van der Waals surface area contributed by atoms with Gasteiger partial charge in [0.1, 0.15) is 0 Å². The van der Waals surface area contributed by atoms with Gasteiger partial charge in [0.25, 0.3) is 0 Å². The fourth-order valence-corrected chi connectivity index (χ4v) is 1.96. The molecule has 1 heterocycles. The van der Waals surface area contributed by atoms with E-state index in [0.29, 0.717) is 5.95 Å². The molecule has 17 heavy (non-hydrogen) atoms. The normalized spacial score (nSPS) is 10.3. The molecule has 1 N–H and O–H groups in total. The Balaban J connectivity index is 2.29. The zero-order valence-corrected chi connectivity index (χ0v) is 10.5.